The minimum absolute atomic E-state index is 0.000587. The summed E-state index contributed by atoms with van der Waals surface area (Å²) in [6.07, 6.45) is -0.368. The monoisotopic (exact) mass is 433 g/mol. The third-order valence-electron chi connectivity index (χ3n) is 5.69. The molecule has 0 fully saturated rings. The molecule has 0 radical (unpaired) electrons. The standard InChI is InChI=1S/C25H23NO6/c1-13-17-11-19-22(16-7-5-4-6-8-16)15(3)31-24(19)14(2)23(17)32-25(30)18(13)12-20(27)26-10-9-21(28)29/h4-8,11H,9-10,12H2,1-3H3,(H,26,27)(H,28,29). The third-order valence-corrected chi connectivity index (χ3v) is 5.69. The van der Waals surface area contributed by atoms with Gasteiger partial charge in [0.25, 0.3) is 0 Å². The van der Waals surface area contributed by atoms with E-state index in [4.69, 9.17) is 13.9 Å². The highest BCUT2D eigenvalue weighted by Gasteiger charge is 2.21. The van der Waals surface area contributed by atoms with Gasteiger partial charge in [0.05, 0.1) is 18.4 Å². The molecule has 0 aliphatic carbocycles. The van der Waals surface area contributed by atoms with Gasteiger partial charge >= 0.3 is 11.6 Å². The molecule has 0 saturated heterocycles. The third kappa shape index (κ3) is 3.77. The Morgan fingerprint density at radius 2 is 1.66 bits per heavy atom. The van der Waals surface area contributed by atoms with Gasteiger partial charge in [-0.2, -0.15) is 0 Å². The molecule has 4 rings (SSSR count). The van der Waals surface area contributed by atoms with Crippen LogP contribution in [0.2, 0.25) is 0 Å². The van der Waals surface area contributed by atoms with Crippen LogP contribution in [0.5, 0.6) is 0 Å². The fourth-order valence-electron chi connectivity index (χ4n) is 4.07. The fraction of sp³-hybridized carbons (Fsp3) is 0.240. The highest BCUT2D eigenvalue weighted by Crippen LogP contribution is 2.39. The molecule has 7 heteroatoms. The molecule has 2 aromatic heterocycles. The molecular formula is C25H23NO6. The zero-order valence-electron chi connectivity index (χ0n) is 18.1. The van der Waals surface area contributed by atoms with E-state index in [1.54, 1.807) is 6.92 Å². The Morgan fingerprint density at radius 1 is 0.969 bits per heavy atom. The molecule has 2 aromatic carbocycles. The van der Waals surface area contributed by atoms with Gasteiger partial charge in [0.15, 0.2) is 0 Å². The lowest BCUT2D eigenvalue weighted by molar-refractivity contribution is -0.136. The maximum Gasteiger partial charge on any atom is 0.340 e. The van der Waals surface area contributed by atoms with Crippen molar-refractivity contribution in [1.82, 2.24) is 5.32 Å². The van der Waals surface area contributed by atoms with Crippen LogP contribution in [0.3, 0.4) is 0 Å². The number of hydrogen-bond donors (Lipinski definition) is 2. The van der Waals surface area contributed by atoms with Gasteiger partial charge < -0.3 is 19.3 Å². The molecule has 164 valence electrons. The Hall–Kier alpha value is -3.87. The van der Waals surface area contributed by atoms with E-state index < -0.39 is 17.5 Å². The van der Waals surface area contributed by atoms with E-state index in [2.05, 4.69) is 5.32 Å². The fourth-order valence-corrected chi connectivity index (χ4v) is 4.07. The summed E-state index contributed by atoms with van der Waals surface area (Å²) in [5.41, 5.74) is 4.15. The van der Waals surface area contributed by atoms with Crippen LogP contribution in [0.25, 0.3) is 33.1 Å². The number of carbonyl (C=O) groups is 2. The van der Waals surface area contributed by atoms with E-state index in [-0.39, 0.29) is 24.9 Å². The van der Waals surface area contributed by atoms with Crippen LogP contribution >= 0.6 is 0 Å². The van der Waals surface area contributed by atoms with Crippen LogP contribution in [0.1, 0.15) is 28.9 Å². The Kier molecular flexibility index (Phi) is 5.57. The van der Waals surface area contributed by atoms with Crippen molar-refractivity contribution < 1.29 is 23.5 Å². The summed E-state index contributed by atoms with van der Waals surface area (Å²) in [7, 11) is 0. The maximum atomic E-state index is 12.7. The second-order valence-electron chi connectivity index (χ2n) is 7.82. The molecule has 0 unspecified atom stereocenters. The van der Waals surface area contributed by atoms with E-state index in [1.807, 2.05) is 50.2 Å². The van der Waals surface area contributed by atoms with Gasteiger partial charge in [-0.1, -0.05) is 30.3 Å². The number of carboxylic acids is 1. The van der Waals surface area contributed by atoms with Crippen molar-refractivity contribution in [1.29, 1.82) is 0 Å². The van der Waals surface area contributed by atoms with Gasteiger partial charge in [-0.3, -0.25) is 9.59 Å². The number of aliphatic carboxylic acids is 1. The quantitative estimate of drug-likeness (QED) is 0.440. The number of aryl methyl sites for hydroxylation is 3. The van der Waals surface area contributed by atoms with Gasteiger partial charge in [0.2, 0.25) is 5.91 Å². The van der Waals surface area contributed by atoms with Crippen LogP contribution in [0, 0.1) is 20.8 Å². The van der Waals surface area contributed by atoms with Crippen LogP contribution in [0.4, 0.5) is 0 Å². The summed E-state index contributed by atoms with van der Waals surface area (Å²) in [4.78, 5) is 35.6. The number of furan rings is 1. The van der Waals surface area contributed by atoms with Crippen molar-refractivity contribution >= 4 is 33.8 Å². The van der Waals surface area contributed by atoms with Gasteiger partial charge in [-0.05, 0) is 38.0 Å². The summed E-state index contributed by atoms with van der Waals surface area (Å²) < 4.78 is 11.7. The van der Waals surface area contributed by atoms with Gasteiger partial charge in [0.1, 0.15) is 16.9 Å². The predicted molar refractivity (Wildman–Crippen MR) is 121 cm³/mol. The molecule has 0 aliphatic rings. The molecule has 2 N–H and O–H groups in total. The summed E-state index contributed by atoms with van der Waals surface area (Å²) in [5, 5.41) is 12.9. The SMILES string of the molecule is Cc1oc2c(C)c3oc(=O)c(CC(=O)NCCC(=O)O)c(C)c3cc2c1-c1ccccc1. The van der Waals surface area contributed by atoms with E-state index in [0.29, 0.717) is 16.7 Å². The lowest BCUT2D eigenvalue weighted by atomic mass is 9.96. The number of carbonyl (C=O) groups excluding carboxylic acids is 1. The number of hydrogen-bond acceptors (Lipinski definition) is 5. The topological polar surface area (TPSA) is 110 Å². The lowest BCUT2D eigenvalue weighted by Crippen LogP contribution is -2.29. The minimum Gasteiger partial charge on any atom is -0.481 e. The largest absolute Gasteiger partial charge is 0.481 e. The highest BCUT2D eigenvalue weighted by molar-refractivity contribution is 6.06. The van der Waals surface area contributed by atoms with Crippen LogP contribution in [0.15, 0.2) is 50.0 Å². The number of fused-ring (bicyclic) bond motifs is 2. The van der Waals surface area contributed by atoms with E-state index in [0.717, 1.165) is 33.2 Å². The molecule has 32 heavy (non-hydrogen) atoms. The molecule has 0 spiro atoms. The highest BCUT2D eigenvalue weighted by atomic mass is 16.4. The molecule has 0 aliphatic heterocycles. The van der Waals surface area contributed by atoms with Gasteiger partial charge in [-0.15, -0.1) is 0 Å². The van der Waals surface area contributed by atoms with Crippen LogP contribution < -0.4 is 10.9 Å². The molecule has 7 nitrogen and oxygen atoms in total. The summed E-state index contributed by atoms with van der Waals surface area (Å²) >= 11 is 0. The molecular weight excluding hydrogens is 410 g/mol. The Balaban J connectivity index is 1.84. The summed E-state index contributed by atoms with van der Waals surface area (Å²) in [5.74, 6) is -0.665. The van der Waals surface area contributed by atoms with Crippen molar-refractivity contribution in [3.8, 4) is 11.1 Å². The molecule has 0 atom stereocenters. The van der Waals surface area contributed by atoms with Crippen molar-refractivity contribution in [2.75, 3.05) is 6.54 Å². The summed E-state index contributed by atoms with van der Waals surface area (Å²) in [6.45, 7) is 5.55. The van der Waals surface area contributed by atoms with Gasteiger partial charge in [0, 0.05) is 28.4 Å². The van der Waals surface area contributed by atoms with Gasteiger partial charge in [-0.25, -0.2) is 4.79 Å². The number of nitrogens with one attached hydrogen (secondary N) is 1. The first kappa shape index (κ1) is 21.4. The smallest absolute Gasteiger partial charge is 0.340 e. The zero-order valence-corrected chi connectivity index (χ0v) is 18.1. The zero-order chi connectivity index (χ0) is 23.0. The van der Waals surface area contributed by atoms with E-state index >= 15 is 0 Å². The van der Waals surface area contributed by atoms with Crippen molar-refractivity contribution in [2.24, 2.45) is 0 Å². The maximum absolute atomic E-state index is 12.7. The molecule has 0 saturated carbocycles. The van der Waals surface area contributed by atoms with Crippen LogP contribution in [-0.2, 0) is 16.0 Å². The predicted octanol–water partition coefficient (Wildman–Crippen LogP) is 4.26. The summed E-state index contributed by atoms with van der Waals surface area (Å²) in [6, 6.07) is 11.9. The number of amides is 1. The average Bonchev–Trinajstić information content (AvgIpc) is 3.09. The Morgan fingerprint density at radius 3 is 2.34 bits per heavy atom. The Bertz CT molecular complexity index is 1410. The van der Waals surface area contributed by atoms with Crippen molar-refractivity contribution in [3.63, 3.8) is 0 Å². The van der Waals surface area contributed by atoms with Crippen LogP contribution in [-0.4, -0.2) is 23.5 Å². The molecule has 1 amide bonds. The second-order valence-corrected chi connectivity index (χ2v) is 7.82. The first-order chi connectivity index (χ1) is 15.3. The molecule has 4 aromatic rings. The lowest BCUT2D eigenvalue weighted by Gasteiger charge is -2.10. The van der Waals surface area contributed by atoms with Crippen molar-refractivity contribution in [2.45, 2.75) is 33.6 Å². The molecule has 0 bridgehead atoms. The first-order valence-electron chi connectivity index (χ1n) is 10.3. The first-order valence-corrected chi connectivity index (χ1v) is 10.3. The van der Waals surface area contributed by atoms with Crippen molar-refractivity contribution in [3.05, 3.63) is 69.3 Å². The van der Waals surface area contributed by atoms with E-state index in [9.17, 15) is 14.4 Å². The second kappa shape index (κ2) is 8.34. The molecule has 2 heterocycles. The average molecular weight is 433 g/mol. The number of rotatable bonds is 6. The Labute approximate surface area is 183 Å². The minimum atomic E-state index is -1.00. The normalized spacial score (nSPS) is 11.2. The number of benzene rings is 2. The number of carboxylic acid groups (broad SMARTS) is 1. The van der Waals surface area contributed by atoms with E-state index in [1.165, 1.54) is 0 Å².